The van der Waals surface area contributed by atoms with Crippen molar-refractivity contribution < 1.29 is 31.1 Å². The summed E-state index contributed by atoms with van der Waals surface area (Å²) in [5, 5.41) is 0. The maximum absolute atomic E-state index is 14.5. The molecule has 0 heterocycles. The second kappa shape index (κ2) is 9.25. The predicted molar refractivity (Wildman–Crippen MR) is 102 cm³/mol. The zero-order valence-corrected chi connectivity index (χ0v) is 16.4. The molecule has 0 unspecified atom stereocenters. The molecule has 0 aliphatic heterocycles. The Balaban J connectivity index is 1.58. The molecule has 0 amide bonds. The molecule has 0 N–H and O–H groups in total. The fraction of sp³-hybridized carbons (Fsp3) is 0.391. The fourth-order valence-corrected chi connectivity index (χ4v) is 3.58. The van der Waals surface area contributed by atoms with Crippen molar-refractivity contribution in [1.29, 1.82) is 0 Å². The number of rotatable bonds is 5. The Morgan fingerprint density at radius 2 is 1.53 bits per heavy atom. The molecular weight excluding hydrogens is 406 g/mol. The van der Waals surface area contributed by atoms with Gasteiger partial charge in [0.25, 0.3) is 0 Å². The number of benzene rings is 2. The number of aryl methyl sites for hydroxylation is 1. The van der Waals surface area contributed by atoms with Crippen LogP contribution in [-0.4, -0.2) is 12.3 Å². The number of halogens is 6. The average Bonchev–Trinajstić information content (AvgIpc) is 2.68. The molecule has 0 saturated heterocycles. The average molecular weight is 428 g/mol. The molecule has 0 bridgehead atoms. The van der Waals surface area contributed by atoms with Gasteiger partial charge >= 0.3 is 6.18 Å². The van der Waals surface area contributed by atoms with Crippen molar-refractivity contribution in [3.63, 3.8) is 0 Å². The SMILES string of the molecule is Cc1ccc(-c2cc(F)c(COC3CCC(C=C(F)C(F)(F)F)CC3)c(F)c2)cc1. The van der Waals surface area contributed by atoms with E-state index in [2.05, 4.69) is 0 Å². The Morgan fingerprint density at radius 3 is 2.07 bits per heavy atom. The maximum Gasteiger partial charge on any atom is 0.442 e. The lowest BCUT2D eigenvalue weighted by Gasteiger charge is -2.27. The highest BCUT2D eigenvalue weighted by atomic mass is 19.4. The molecule has 2 aromatic carbocycles. The summed E-state index contributed by atoms with van der Waals surface area (Å²) in [5.41, 5.74) is 1.98. The van der Waals surface area contributed by atoms with Crippen LogP contribution in [0.25, 0.3) is 11.1 Å². The first-order valence-corrected chi connectivity index (χ1v) is 9.74. The van der Waals surface area contributed by atoms with E-state index >= 15 is 0 Å². The first-order chi connectivity index (χ1) is 14.1. The molecule has 30 heavy (non-hydrogen) atoms. The zero-order valence-electron chi connectivity index (χ0n) is 16.4. The van der Waals surface area contributed by atoms with Gasteiger partial charge in [0, 0.05) is 5.56 Å². The van der Waals surface area contributed by atoms with Crippen LogP contribution in [0.4, 0.5) is 26.3 Å². The van der Waals surface area contributed by atoms with E-state index in [0.29, 0.717) is 42.9 Å². The molecule has 0 radical (unpaired) electrons. The van der Waals surface area contributed by atoms with Crippen molar-refractivity contribution in [2.45, 2.75) is 51.5 Å². The molecule has 1 aliphatic rings. The second-order valence-corrected chi connectivity index (χ2v) is 7.64. The monoisotopic (exact) mass is 428 g/mol. The van der Waals surface area contributed by atoms with Gasteiger partial charge in [0.05, 0.1) is 12.7 Å². The van der Waals surface area contributed by atoms with Gasteiger partial charge < -0.3 is 4.74 Å². The summed E-state index contributed by atoms with van der Waals surface area (Å²) < 4.78 is 84.4. The largest absolute Gasteiger partial charge is 0.442 e. The van der Waals surface area contributed by atoms with Crippen LogP contribution in [0.15, 0.2) is 48.3 Å². The number of hydrogen-bond acceptors (Lipinski definition) is 1. The van der Waals surface area contributed by atoms with Crippen molar-refractivity contribution in [2.75, 3.05) is 0 Å². The van der Waals surface area contributed by atoms with E-state index in [1.165, 1.54) is 12.1 Å². The van der Waals surface area contributed by atoms with Crippen LogP contribution in [0.3, 0.4) is 0 Å². The smallest absolute Gasteiger partial charge is 0.373 e. The molecule has 1 fully saturated rings. The summed E-state index contributed by atoms with van der Waals surface area (Å²) in [6.07, 6.45) is -3.24. The summed E-state index contributed by atoms with van der Waals surface area (Å²) in [5.74, 6) is -4.03. The van der Waals surface area contributed by atoms with Gasteiger partial charge in [0.1, 0.15) is 11.6 Å². The molecule has 1 saturated carbocycles. The minimum absolute atomic E-state index is 0.184. The molecule has 2 aromatic rings. The lowest BCUT2D eigenvalue weighted by Crippen LogP contribution is -2.22. The number of allylic oxidation sites excluding steroid dienone is 2. The standard InChI is InChI=1S/C23H22F6O/c1-14-2-6-16(7-3-14)17-11-20(24)19(21(25)12-17)13-30-18-8-4-15(5-9-18)10-22(26)23(27,28)29/h2-3,6-7,10-12,15,18H,4-5,8-9,13H2,1H3. The molecule has 1 aliphatic carbocycles. The zero-order chi connectivity index (χ0) is 21.9. The van der Waals surface area contributed by atoms with Crippen molar-refractivity contribution in [3.8, 4) is 11.1 Å². The predicted octanol–water partition coefficient (Wildman–Crippen LogP) is 7.43. The van der Waals surface area contributed by atoms with Crippen LogP contribution < -0.4 is 0 Å². The van der Waals surface area contributed by atoms with E-state index < -0.39 is 29.6 Å². The number of alkyl halides is 3. The van der Waals surface area contributed by atoms with Gasteiger partial charge in [0.2, 0.25) is 0 Å². The van der Waals surface area contributed by atoms with Gasteiger partial charge in [-0.2, -0.15) is 13.2 Å². The molecule has 7 heteroatoms. The Kier molecular flexibility index (Phi) is 6.91. The lowest BCUT2D eigenvalue weighted by atomic mass is 9.87. The van der Waals surface area contributed by atoms with Crippen LogP contribution in [0, 0.1) is 24.5 Å². The van der Waals surface area contributed by atoms with E-state index in [1.807, 2.05) is 19.1 Å². The van der Waals surface area contributed by atoms with Gasteiger partial charge in [0.15, 0.2) is 5.83 Å². The fourth-order valence-electron chi connectivity index (χ4n) is 3.58. The van der Waals surface area contributed by atoms with Crippen molar-refractivity contribution >= 4 is 0 Å². The van der Waals surface area contributed by atoms with Crippen LogP contribution in [0.2, 0.25) is 0 Å². The summed E-state index contributed by atoms with van der Waals surface area (Å²) >= 11 is 0. The van der Waals surface area contributed by atoms with E-state index in [-0.39, 0.29) is 18.3 Å². The molecule has 3 rings (SSSR count). The Labute approximate surface area is 171 Å². The quantitative estimate of drug-likeness (QED) is 0.450. The normalized spacial score (nSPS) is 20.4. The maximum atomic E-state index is 14.5. The third-order valence-electron chi connectivity index (χ3n) is 5.36. The van der Waals surface area contributed by atoms with Gasteiger partial charge in [-0.25, -0.2) is 13.2 Å². The molecule has 0 aromatic heterocycles. The summed E-state index contributed by atoms with van der Waals surface area (Å²) in [6.45, 7) is 1.65. The van der Waals surface area contributed by atoms with E-state index in [1.54, 1.807) is 12.1 Å². The topological polar surface area (TPSA) is 9.23 Å². The molecular formula is C23H22F6O. The van der Waals surface area contributed by atoms with Gasteiger partial charge in [-0.05, 0) is 67.9 Å². The molecule has 1 nitrogen and oxygen atoms in total. The first kappa shape index (κ1) is 22.4. The van der Waals surface area contributed by atoms with Gasteiger partial charge in [-0.1, -0.05) is 29.8 Å². The van der Waals surface area contributed by atoms with E-state index in [4.69, 9.17) is 4.74 Å². The highest BCUT2D eigenvalue weighted by Crippen LogP contribution is 2.33. The van der Waals surface area contributed by atoms with Crippen LogP contribution in [0.1, 0.15) is 36.8 Å². The highest BCUT2D eigenvalue weighted by Gasteiger charge is 2.35. The van der Waals surface area contributed by atoms with Gasteiger partial charge in [-0.3, -0.25) is 0 Å². The Hall–Kier alpha value is -2.28. The first-order valence-electron chi connectivity index (χ1n) is 9.74. The van der Waals surface area contributed by atoms with Crippen molar-refractivity contribution in [3.05, 3.63) is 71.1 Å². The summed E-state index contributed by atoms with van der Waals surface area (Å²) in [4.78, 5) is 0. The lowest BCUT2D eigenvalue weighted by molar-refractivity contribution is -0.109. The minimum Gasteiger partial charge on any atom is -0.373 e. The minimum atomic E-state index is -4.97. The van der Waals surface area contributed by atoms with Crippen LogP contribution in [-0.2, 0) is 11.3 Å². The molecule has 162 valence electrons. The Morgan fingerprint density at radius 1 is 0.967 bits per heavy atom. The molecule has 0 spiro atoms. The van der Waals surface area contributed by atoms with Crippen LogP contribution >= 0.6 is 0 Å². The van der Waals surface area contributed by atoms with Gasteiger partial charge in [-0.15, -0.1) is 0 Å². The summed E-state index contributed by atoms with van der Waals surface area (Å²) in [6, 6.07) is 9.80. The van der Waals surface area contributed by atoms with E-state index in [0.717, 1.165) is 5.56 Å². The number of ether oxygens (including phenoxy) is 1. The molecule has 0 atom stereocenters. The van der Waals surface area contributed by atoms with Crippen LogP contribution in [0.5, 0.6) is 0 Å². The van der Waals surface area contributed by atoms with Crippen molar-refractivity contribution in [2.24, 2.45) is 5.92 Å². The Bertz CT molecular complexity index is 870. The second-order valence-electron chi connectivity index (χ2n) is 7.64. The highest BCUT2D eigenvalue weighted by molar-refractivity contribution is 5.64. The third-order valence-corrected chi connectivity index (χ3v) is 5.36. The number of hydrogen-bond donors (Lipinski definition) is 0. The van der Waals surface area contributed by atoms with Crippen molar-refractivity contribution in [1.82, 2.24) is 0 Å². The summed E-state index contributed by atoms with van der Waals surface area (Å²) in [7, 11) is 0. The van der Waals surface area contributed by atoms with E-state index in [9.17, 15) is 26.3 Å². The third kappa shape index (κ3) is 5.65.